The number of amides is 1. The molecule has 1 aliphatic carbocycles. The summed E-state index contributed by atoms with van der Waals surface area (Å²) in [6, 6.07) is 6.50. The Kier molecular flexibility index (Phi) is 8.80. The molecule has 0 saturated heterocycles. The monoisotopic (exact) mass is 633 g/mol. The van der Waals surface area contributed by atoms with E-state index in [-0.39, 0.29) is 29.1 Å². The van der Waals surface area contributed by atoms with Crippen LogP contribution in [0.25, 0.3) is 11.1 Å². The smallest absolute Gasteiger partial charge is 0.413 e. The van der Waals surface area contributed by atoms with Gasteiger partial charge in [-0.15, -0.1) is 0 Å². The lowest BCUT2D eigenvalue weighted by atomic mass is 10.0. The van der Waals surface area contributed by atoms with Gasteiger partial charge in [-0.3, -0.25) is 9.10 Å². The van der Waals surface area contributed by atoms with Crippen LogP contribution in [0.1, 0.15) is 12.8 Å². The molecule has 0 fully saturated rings. The zero-order valence-electron chi connectivity index (χ0n) is 21.6. The number of sulfonamides is 2. The molecule has 226 valence electrons. The number of nitrogens with one attached hydrogen (secondary N) is 1. The maximum atomic E-state index is 14.5. The summed E-state index contributed by atoms with van der Waals surface area (Å²) < 4.78 is 126. The first-order valence-corrected chi connectivity index (χ1v) is 15.4. The van der Waals surface area contributed by atoms with Crippen molar-refractivity contribution in [2.24, 2.45) is 5.14 Å². The van der Waals surface area contributed by atoms with Crippen LogP contribution in [-0.2, 0) is 24.8 Å². The standard InChI is InChI=1S/C26H24F5N3O6S2/c27-18-6-7-22(28)21(13-18)16-5-8-24-23(11-16)34(15-19(40-24)14-33-25(35)9-10-41(32,36)37)42(38,39)20-4-2-1-3-17(12-20)26(29,30)31/h1-2,4-8,11-13,19H,3,9-10,14-15H2,(H,33,35)(H2,32,36,37)/t19-/m0/s1. The Labute approximate surface area is 238 Å². The van der Waals surface area contributed by atoms with Gasteiger partial charge in [0.05, 0.1) is 29.4 Å². The second kappa shape index (κ2) is 11.9. The van der Waals surface area contributed by atoms with E-state index in [4.69, 9.17) is 9.88 Å². The third-order valence-electron chi connectivity index (χ3n) is 6.27. The highest BCUT2D eigenvalue weighted by molar-refractivity contribution is 7.96. The van der Waals surface area contributed by atoms with Gasteiger partial charge in [-0.1, -0.05) is 18.2 Å². The van der Waals surface area contributed by atoms with Gasteiger partial charge < -0.3 is 10.1 Å². The van der Waals surface area contributed by atoms with Crippen LogP contribution in [0.5, 0.6) is 5.75 Å². The number of benzene rings is 2. The molecule has 2 aromatic carbocycles. The van der Waals surface area contributed by atoms with Crippen molar-refractivity contribution in [2.75, 3.05) is 23.1 Å². The number of carbonyl (C=O) groups excluding carboxylic acids is 1. The fourth-order valence-electron chi connectivity index (χ4n) is 4.21. The number of alkyl halides is 3. The summed E-state index contributed by atoms with van der Waals surface area (Å²) in [7, 11) is -8.64. The van der Waals surface area contributed by atoms with Crippen molar-refractivity contribution >= 4 is 31.6 Å². The summed E-state index contributed by atoms with van der Waals surface area (Å²) in [5.74, 6) is -3.00. The van der Waals surface area contributed by atoms with E-state index in [2.05, 4.69) is 5.32 Å². The number of hydrogen-bond donors (Lipinski definition) is 2. The molecule has 2 aliphatic rings. The summed E-state index contributed by atoms with van der Waals surface area (Å²) in [6.45, 7) is -0.812. The molecule has 0 saturated carbocycles. The van der Waals surface area contributed by atoms with Crippen LogP contribution >= 0.6 is 0 Å². The minimum Gasteiger partial charge on any atom is -0.484 e. The van der Waals surface area contributed by atoms with Crippen molar-refractivity contribution in [3.05, 3.63) is 82.8 Å². The predicted octanol–water partition coefficient (Wildman–Crippen LogP) is 3.66. The predicted molar refractivity (Wildman–Crippen MR) is 144 cm³/mol. The van der Waals surface area contributed by atoms with Crippen LogP contribution in [0.4, 0.5) is 27.6 Å². The second-order valence-corrected chi connectivity index (χ2v) is 13.0. The number of rotatable bonds is 8. The molecule has 0 spiro atoms. The molecular formula is C26H24F5N3O6S2. The number of anilines is 1. The van der Waals surface area contributed by atoms with Gasteiger partial charge in [0.15, 0.2) is 0 Å². The van der Waals surface area contributed by atoms with Crippen LogP contribution in [0.15, 0.2) is 71.2 Å². The molecule has 16 heteroatoms. The molecule has 9 nitrogen and oxygen atoms in total. The normalized spacial score (nSPS) is 17.5. The van der Waals surface area contributed by atoms with Crippen molar-refractivity contribution < 1.29 is 48.3 Å². The van der Waals surface area contributed by atoms with Gasteiger partial charge in [-0.05, 0) is 54.5 Å². The van der Waals surface area contributed by atoms with E-state index in [0.717, 1.165) is 34.7 Å². The van der Waals surface area contributed by atoms with Gasteiger partial charge in [0.1, 0.15) is 23.5 Å². The zero-order valence-corrected chi connectivity index (χ0v) is 23.2. The first-order valence-electron chi connectivity index (χ1n) is 12.3. The molecule has 0 bridgehead atoms. The SMILES string of the molecule is NS(=O)(=O)CCC(=O)NC[C@H]1CN(S(=O)(=O)C2=CC=CCC(C(F)(F)F)=C2)c2cc(-c3cc(F)ccc3F)ccc2O1. The minimum absolute atomic E-state index is 0.0607. The largest absolute Gasteiger partial charge is 0.484 e. The molecule has 1 heterocycles. The van der Waals surface area contributed by atoms with Crippen molar-refractivity contribution in [1.82, 2.24) is 5.32 Å². The van der Waals surface area contributed by atoms with Crippen LogP contribution < -0.4 is 19.5 Å². The Balaban J connectivity index is 1.74. The van der Waals surface area contributed by atoms with E-state index in [1.54, 1.807) is 0 Å². The van der Waals surface area contributed by atoms with Gasteiger partial charge in [0.2, 0.25) is 15.9 Å². The molecule has 2 aromatic rings. The quantitative estimate of drug-likeness (QED) is 0.426. The zero-order chi connectivity index (χ0) is 30.9. The second-order valence-electron chi connectivity index (χ2n) is 9.37. The fraction of sp³-hybridized carbons (Fsp3) is 0.269. The van der Waals surface area contributed by atoms with E-state index in [0.29, 0.717) is 6.08 Å². The van der Waals surface area contributed by atoms with Crippen LogP contribution in [0, 0.1) is 11.6 Å². The maximum absolute atomic E-state index is 14.5. The summed E-state index contributed by atoms with van der Waals surface area (Å²) in [6.07, 6.45) is -3.07. The number of nitrogens with zero attached hydrogens (tertiary/aromatic N) is 1. The molecule has 1 amide bonds. The minimum atomic E-state index is -4.81. The maximum Gasteiger partial charge on any atom is 0.413 e. The van der Waals surface area contributed by atoms with Crippen LogP contribution in [0.3, 0.4) is 0 Å². The summed E-state index contributed by atoms with van der Waals surface area (Å²) >= 11 is 0. The molecule has 0 radical (unpaired) electrons. The molecule has 1 aliphatic heterocycles. The topological polar surface area (TPSA) is 136 Å². The lowest BCUT2D eigenvalue weighted by molar-refractivity contribution is -0.121. The van der Waals surface area contributed by atoms with Crippen molar-refractivity contribution in [3.63, 3.8) is 0 Å². The average Bonchev–Trinajstić information content (AvgIpc) is 3.18. The molecular weight excluding hydrogens is 609 g/mol. The summed E-state index contributed by atoms with van der Waals surface area (Å²) in [4.78, 5) is 11.4. The fourth-order valence-corrected chi connectivity index (χ4v) is 6.24. The number of fused-ring (bicyclic) bond motifs is 1. The molecule has 1 atom stereocenters. The Morgan fingerprint density at radius 3 is 2.52 bits per heavy atom. The highest BCUT2D eigenvalue weighted by Gasteiger charge is 2.39. The van der Waals surface area contributed by atoms with E-state index in [9.17, 15) is 43.6 Å². The third-order valence-corrected chi connectivity index (χ3v) is 8.82. The van der Waals surface area contributed by atoms with Crippen molar-refractivity contribution in [1.29, 1.82) is 0 Å². The van der Waals surface area contributed by atoms with E-state index in [1.165, 1.54) is 24.3 Å². The Bertz CT molecular complexity index is 1700. The molecule has 0 aromatic heterocycles. The number of halogens is 5. The Morgan fingerprint density at radius 1 is 1.10 bits per heavy atom. The Morgan fingerprint density at radius 2 is 1.83 bits per heavy atom. The highest BCUT2D eigenvalue weighted by atomic mass is 32.2. The number of hydrogen-bond acceptors (Lipinski definition) is 6. The average molecular weight is 634 g/mol. The Hall–Kier alpha value is -3.76. The number of allylic oxidation sites excluding steroid dienone is 5. The summed E-state index contributed by atoms with van der Waals surface area (Å²) in [5, 5.41) is 7.31. The first-order chi connectivity index (χ1) is 19.5. The van der Waals surface area contributed by atoms with Gasteiger partial charge in [0, 0.05) is 17.6 Å². The van der Waals surface area contributed by atoms with Gasteiger partial charge in [-0.25, -0.2) is 30.8 Å². The van der Waals surface area contributed by atoms with E-state index in [1.807, 2.05) is 0 Å². The lowest BCUT2D eigenvalue weighted by Crippen LogP contribution is -2.48. The first kappa shape index (κ1) is 31.2. The number of nitrogens with two attached hydrogens (primary N) is 1. The number of ether oxygens (including phenoxy) is 1. The van der Waals surface area contributed by atoms with E-state index < -0.39 is 85.5 Å². The summed E-state index contributed by atoms with van der Waals surface area (Å²) in [5.41, 5.74) is -1.40. The molecule has 3 N–H and O–H groups in total. The van der Waals surface area contributed by atoms with Crippen molar-refractivity contribution in [3.8, 4) is 16.9 Å². The lowest BCUT2D eigenvalue weighted by Gasteiger charge is -2.36. The number of primary sulfonamides is 1. The molecule has 42 heavy (non-hydrogen) atoms. The van der Waals surface area contributed by atoms with Crippen molar-refractivity contribution in [2.45, 2.75) is 25.1 Å². The van der Waals surface area contributed by atoms with Gasteiger partial charge in [-0.2, -0.15) is 13.2 Å². The van der Waals surface area contributed by atoms with E-state index >= 15 is 0 Å². The number of carbonyl (C=O) groups is 1. The molecule has 0 unspecified atom stereocenters. The molecule has 4 rings (SSSR count). The van der Waals surface area contributed by atoms with Gasteiger partial charge >= 0.3 is 6.18 Å². The van der Waals surface area contributed by atoms with Gasteiger partial charge in [0.25, 0.3) is 10.0 Å². The van der Waals surface area contributed by atoms with Crippen LogP contribution in [-0.4, -0.2) is 53.9 Å². The third kappa shape index (κ3) is 7.35. The highest BCUT2D eigenvalue weighted by Crippen LogP contribution is 2.41. The van der Waals surface area contributed by atoms with Crippen LogP contribution in [0.2, 0.25) is 0 Å².